The Morgan fingerprint density at radius 1 is 1.24 bits per heavy atom. The molecule has 2 heterocycles. The minimum atomic E-state index is -0.179. The summed E-state index contributed by atoms with van der Waals surface area (Å²) in [5.41, 5.74) is 2.74. The maximum Gasteiger partial charge on any atom is 0.273 e. The van der Waals surface area contributed by atoms with Gasteiger partial charge in [0.1, 0.15) is 0 Å². The molecule has 9 heteroatoms. The number of benzene rings is 1. The predicted molar refractivity (Wildman–Crippen MR) is 120 cm³/mol. The third kappa shape index (κ3) is 6.96. The lowest BCUT2D eigenvalue weighted by molar-refractivity contribution is 0.0945. The average molecular weight is 443 g/mol. The summed E-state index contributed by atoms with van der Waals surface area (Å²) in [6, 6.07) is 9.03. The molecule has 0 aliphatic carbocycles. The molecule has 162 valence electrons. The summed E-state index contributed by atoms with van der Waals surface area (Å²) < 4.78 is 1.83. The molecule has 2 N–H and O–H groups in total. The highest BCUT2D eigenvalue weighted by Crippen LogP contribution is 2.17. The SMILES string of the molecule is CC(C)N(C)Cc1ccccc1CNC(=O)c1cn(C2CCNCC2)nn1.Cl.Cl. The van der Waals surface area contributed by atoms with Crippen LogP contribution in [0.3, 0.4) is 0 Å². The summed E-state index contributed by atoms with van der Waals surface area (Å²) in [5, 5.41) is 14.6. The maximum absolute atomic E-state index is 12.5. The van der Waals surface area contributed by atoms with E-state index in [0.717, 1.165) is 38.0 Å². The highest BCUT2D eigenvalue weighted by atomic mass is 35.5. The Bertz CT molecular complexity index is 761. The second kappa shape index (κ2) is 12.1. The van der Waals surface area contributed by atoms with Crippen LogP contribution in [0, 0.1) is 0 Å². The second-order valence-corrected chi connectivity index (χ2v) is 7.53. The third-order valence-corrected chi connectivity index (χ3v) is 5.28. The van der Waals surface area contributed by atoms with Gasteiger partial charge in [-0.1, -0.05) is 29.5 Å². The number of halogens is 2. The summed E-state index contributed by atoms with van der Waals surface area (Å²) in [7, 11) is 2.11. The van der Waals surface area contributed by atoms with Crippen molar-refractivity contribution in [2.75, 3.05) is 20.1 Å². The van der Waals surface area contributed by atoms with Gasteiger partial charge >= 0.3 is 0 Å². The lowest BCUT2D eigenvalue weighted by atomic mass is 10.1. The van der Waals surface area contributed by atoms with Crippen molar-refractivity contribution in [2.45, 2.75) is 51.9 Å². The molecule has 1 aromatic carbocycles. The molecular formula is C20H32Cl2N6O. The van der Waals surface area contributed by atoms with Crippen molar-refractivity contribution in [3.63, 3.8) is 0 Å². The van der Waals surface area contributed by atoms with Gasteiger partial charge in [-0.25, -0.2) is 4.68 Å². The van der Waals surface area contributed by atoms with Gasteiger partial charge in [0.2, 0.25) is 0 Å². The third-order valence-electron chi connectivity index (χ3n) is 5.28. The van der Waals surface area contributed by atoms with E-state index in [4.69, 9.17) is 0 Å². The zero-order valence-corrected chi connectivity index (χ0v) is 18.9. The number of nitrogens with zero attached hydrogens (tertiary/aromatic N) is 4. The Labute approximate surface area is 185 Å². The number of rotatable bonds is 7. The first-order valence-corrected chi connectivity index (χ1v) is 9.72. The van der Waals surface area contributed by atoms with Gasteiger partial charge in [-0.2, -0.15) is 0 Å². The number of amides is 1. The number of hydrogen-bond donors (Lipinski definition) is 2. The number of aromatic nitrogens is 3. The van der Waals surface area contributed by atoms with Crippen molar-refractivity contribution in [1.82, 2.24) is 30.5 Å². The van der Waals surface area contributed by atoms with Crippen LogP contribution in [0.4, 0.5) is 0 Å². The Morgan fingerprint density at radius 2 is 1.90 bits per heavy atom. The number of piperidine rings is 1. The van der Waals surface area contributed by atoms with Gasteiger partial charge in [0.05, 0.1) is 12.2 Å². The van der Waals surface area contributed by atoms with Crippen LogP contribution in [0.2, 0.25) is 0 Å². The van der Waals surface area contributed by atoms with Crippen LogP contribution in [-0.4, -0.2) is 52.0 Å². The summed E-state index contributed by atoms with van der Waals surface area (Å²) in [5.74, 6) is -0.179. The number of carbonyl (C=O) groups excluding carboxylic acids is 1. The molecule has 1 aromatic heterocycles. The molecule has 1 fully saturated rings. The molecule has 0 saturated carbocycles. The molecule has 0 radical (unpaired) electrons. The van der Waals surface area contributed by atoms with Gasteiger partial charge in [0.15, 0.2) is 5.69 Å². The fourth-order valence-corrected chi connectivity index (χ4v) is 3.23. The molecule has 1 amide bonds. The van der Waals surface area contributed by atoms with Gasteiger partial charge < -0.3 is 10.6 Å². The van der Waals surface area contributed by atoms with Crippen molar-refractivity contribution in [3.05, 3.63) is 47.3 Å². The minimum Gasteiger partial charge on any atom is -0.347 e. The standard InChI is InChI=1S/C20H30N6O.2ClH/c1-15(2)25(3)13-17-7-5-4-6-16(17)12-22-20(27)19-14-26(24-23-19)18-8-10-21-11-9-18;;/h4-7,14-15,18,21H,8-13H2,1-3H3,(H,22,27);2*1H. The monoisotopic (exact) mass is 442 g/mol. The second-order valence-electron chi connectivity index (χ2n) is 7.53. The first kappa shape index (κ1) is 25.4. The number of carbonyl (C=O) groups is 1. The smallest absolute Gasteiger partial charge is 0.273 e. The van der Waals surface area contributed by atoms with Crippen LogP contribution < -0.4 is 10.6 Å². The Kier molecular flexibility index (Phi) is 10.6. The minimum absolute atomic E-state index is 0. The lowest BCUT2D eigenvalue weighted by Crippen LogP contribution is -2.29. The summed E-state index contributed by atoms with van der Waals surface area (Å²) >= 11 is 0. The normalized spacial score (nSPS) is 14.4. The molecule has 3 rings (SSSR count). The molecule has 29 heavy (non-hydrogen) atoms. The summed E-state index contributed by atoms with van der Waals surface area (Å²) in [6.45, 7) is 7.66. The lowest BCUT2D eigenvalue weighted by Gasteiger charge is -2.22. The van der Waals surface area contributed by atoms with Gasteiger partial charge in [-0.3, -0.25) is 9.69 Å². The van der Waals surface area contributed by atoms with Crippen molar-refractivity contribution < 1.29 is 4.79 Å². The molecule has 2 aromatic rings. The van der Waals surface area contributed by atoms with E-state index in [2.05, 4.69) is 58.9 Å². The highest BCUT2D eigenvalue weighted by molar-refractivity contribution is 5.91. The fraction of sp³-hybridized carbons (Fsp3) is 0.550. The molecule has 1 aliphatic rings. The summed E-state index contributed by atoms with van der Waals surface area (Å²) in [6.07, 6.45) is 3.80. The van der Waals surface area contributed by atoms with Crippen LogP contribution >= 0.6 is 24.8 Å². The molecular weight excluding hydrogens is 411 g/mol. The highest BCUT2D eigenvalue weighted by Gasteiger charge is 2.19. The van der Waals surface area contributed by atoms with Gasteiger partial charge in [0.25, 0.3) is 5.91 Å². The van der Waals surface area contributed by atoms with E-state index in [1.54, 1.807) is 6.20 Å². The Hall–Kier alpha value is -1.67. The molecule has 0 spiro atoms. The first-order chi connectivity index (χ1) is 13.0. The van der Waals surface area contributed by atoms with E-state index >= 15 is 0 Å². The zero-order valence-electron chi connectivity index (χ0n) is 17.3. The van der Waals surface area contributed by atoms with Crippen LogP contribution in [0.1, 0.15) is 54.3 Å². The van der Waals surface area contributed by atoms with E-state index in [-0.39, 0.29) is 30.7 Å². The van der Waals surface area contributed by atoms with Gasteiger partial charge in [-0.15, -0.1) is 29.9 Å². The molecule has 1 aliphatic heterocycles. The molecule has 0 unspecified atom stereocenters. The molecule has 7 nitrogen and oxygen atoms in total. The van der Waals surface area contributed by atoms with Crippen LogP contribution in [0.5, 0.6) is 0 Å². The van der Waals surface area contributed by atoms with Gasteiger partial charge in [-0.05, 0) is 58.0 Å². The van der Waals surface area contributed by atoms with Crippen LogP contribution in [0.25, 0.3) is 0 Å². The average Bonchev–Trinajstić information content (AvgIpc) is 3.18. The Balaban J connectivity index is 0.00000210. The number of hydrogen-bond acceptors (Lipinski definition) is 5. The quantitative estimate of drug-likeness (QED) is 0.689. The van der Waals surface area contributed by atoms with E-state index < -0.39 is 0 Å². The zero-order chi connectivity index (χ0) is 19.2. The van der Waals surface area contributed by atoms with E-state index in [1.807, 2.05) is 16.8 Å². The van der Waals surface area contributed by atoms with Crippen molar-refractivity contribution in [1.29, 1.82) is 0 Å². The van der Waals surface area contributed by atoms with E-state index in [9.17, 15) is 4.79 Å². The summed E-state index contributed by atoms with van der Waals surface area (Å²) in [4.78, 5) is 14.8. The fourth-order valence-electron chi connectivity index (χ4n) is 3.23. The van der Waals surface area contributed by atoms with Crippen molar-refractivity contribution in [2.24, 2.45) is 0 Å². The van der Waals surface area contributed by atoms with Crippen molar-refractivity contribution >= 4 is 30.7 Å². The van der Waals surface area contributed by atoms with E-state index in [1.165, 1.54) is 5.56 Å². The maximum atomic E-state index is 12.5. The predicted octanol–water partition coefficient (Wildman–Crippen LogP) is 2.82. The topological polar surface area (TPSA) is 75.1 Å². The van der Waals surface area contributed by atoms with Gasteiger partial charge in [0, 0.05) is 19.1 Å². The van der Waals surface area contributed by atoms with Crippen LogP contribution in [-0.2, 0) is 13.1 Å². The Morgan fingerprint density at radius 3 is 2.55 bits per heavy atom. The molecule has 1 saturated heterocycles. The van der Waals surface area contributed by atoms with E-state index in [0.29, 0.717) is 24.3 Å². The van der Waals surface area contributed by atoms with Crippen LogP contribution in [0.15, 0.2) is 30.5 Å². The molecule has 0 bridgehead atoms. The van der Waals surface area contributed by atoms with Crippen molar-refractivity contribution in [3.8, 4) is 0 Å². The largest absolute Gasteiger partial charge is 0.347 e. The molecule has 0 atom stereocenters. The first-order valence-electron chi connectivity index (χ1n) is 9.72. The number of nitrogens with one attached hydrogen (secondary N) is 2.